The molecule has 37 heavy (non-hydrogen) atoms. The van der Waals surface area contributed by atoms with Gasteiger partial charge in [0.25, 0.3) is 0 Å². The van der Waals surface area contributed by atoms with Gasteiger partial charge in [-0.25, -0.2) is 0 Å². The molecule has 0 fully saturated rings. The van der Waals surface area contributed by atoms with Crippen molar-refractivity contribution in [3.8, 4) is 6.07 Å². The zero-order valence-corrected chi connectivity index (χ0v) is 17.3. The predicted octanol–water partition coefficient (Wildman–Crippen LogP) is 7.17. The number of nitriles is 1. The topological polar surface area (TPSA) is 44.0 Å². The molecular weight excluding hydrogens is 569 g/mol. The van der Waals surface area contributed by atoms with E-state index in [1.165, 1.54) is 6.07 Å². The maximum absolute atomic E-state index is 14.2. The summed E-state index contributed by atoms with van der Waals surface area (Å²) in [6, 6.07) is 4.27. The first kappa shape index (κ1) is 32.5. The van der Waals surface area contributed by atoms with Crippen molar-refractivity contribution in [1.82, 2.24) is 0 Å². The van der Waals surface area contributed by atoms with Gasteiger partial charge in [0, 0.05) is 0 Å². The quantitative estimate of drug-likeness (QED) is 0.316. The van der Waals surface area contributed by atoms with Crippen molar-refractivity contribution in [2.24, 2.45) is 0 Å². The van der Waals surface area contributed by atoms with E-state index in [-0.39, 0.29) is 6.92 Å². The number of aliphatic hydroxyl groups is 1. The van der Waals surface area contributed by atoms with Crippen LogP contribution in [0, 0.1) is 11.3 Å². The Morgan fingerprint density at radius 1 is 0.649 bits per heavy atom. The van der Waals surface area contributed by atoms with Gasteiger partial charge in [-0.1, -0.05) is 12.1 Å². The van der Waals surface area contributed by atoms with Crippen LogP contribution in [0.1, 0.15) is 24.5 Å². The standard InChI is InChI=1S/C18H10F17NO/c1-10(37,9-4-2-3-8(5-9)6-36)7-11(19,20)12(21,22)13(23,24)14(25,26)15(27,28)16(29,30)17(31,32)18(33,34)35/h2-5,37H,7H2,1H3. The van der Waals surface area contributed by atoms with Crippen LogP contribution in [-0.4, -0.2) is 52.7 Å². The third-order valence-electron chi connectivity index (χ3n) is 4.97. The average molecular weight is 579 g/mol. The Hall–Kier alpha value is -2.52. The summed E-state index contributed by atoms with van der Waals surface area (Å²) in [7, 11) is 0. The highest BCUT2D eigenvalue weighted by atomic mass is 19.4. The zero-order valence-electron chi connectivity index (χ0n) is 17.3. The van der Waals surface area contributed by atoms with E-state index in [0.29, 0.717) is 12.1 Å². The van der Waals surface area contributed by atoms with E-state index in [1.807, 2.05) is 0 Å². The Morgan fingerprint density at radius 3 is 1.41 bits per heavy atom. The van der Waals surface area contributed by atoms with Crippen LogP contribution in [0.5, 0.6) is 0 Å². The second-order valence-electron chi connectivity index (χ2n) is 7.79. The normalized spacial score (nSPS) is 16.8. The van der Waals surface area contributed by atoms with Crippen LogP contribution in [0.4, 0.5) is 74.6 Å². The molecule has 0 bridgehead atoms. The molecule has 0 aliphatic rings. The fourth-order valence-electron chi connectivity index (χ4n) is 2.77. The number of nitrogens with zero attached hydrogens (tertiary/aromatic N) is 1. The van der Waals surface area contributed by atoms with Crippen LogP contribution >= 0.6 is 0 Å². The monoisotopic (exact) mass is 579 g/mol. The summed E-state index contributed by atoms with van der Waals surface area (Å²) in [4.78, 5) is 0. The van der Waals surface area contributed by atoms with E-state index >= 15 is 0 Å². The van der Waals surface area contributed by atoms with E-state index < -0.39 is 70.8 Å². The summed E-state index contributed by atoms with van der Waals surface area (Å²) in [5.74, 6) is -57.3. The van der Waals surface area contributed by atoms with Gasteiger partial charge in [-0.3, -0.25) is 0 Å². The molecule has 0 amide bonds. The van der Waals surface area contributed by atoms with Gasteiger partial charge in [-0.05, 0) is 24.6 Å². The zero-order chi connectivity index (χ0) is 29.9. The number of hydrogen-bond donors (Lipinski definition) is 1. The summed E-state index contributed by atoms with van der Waals surface area (Å²) in [5, 5.41) is 18.7. The van der Waals surface area contributed by atoms with Gasteiger partial charge in [0.05, 0.1) is 23.7 Å². The molecule has 0 saturated carbocycles. The molecule has 0 aliphatic heterocycles. The molecule has 0 radical (unpaired) electrons. The highest BCUT2D eigenvalue weighted by Gasteiger charge is 2.95. The molecule has 1 aromatic rings. The van der Waals surface area contributed by atoms with Crippen LogP contribution in [0.3, 0.4) is 0 Å². The molecule has 2 nitrogen and oxygen atoms in total. The molecule has 1 rings (SSSR count). The Labute approximate surface area is 194 Å². The molecular formula is C18H10F17NO. The van der Waals surface area contributed by atoms with Crippen LogP contribution in [0.2, 0.25) is 0 Å². The molecule has 1 atom stereocenters. The second-order valence-corrected chi connectivity index (χ2v) is 7.79. The van der Waals surface area contributed by atoms with Gasteiger partial charge in [0.2, 0.25) is 0 Å². The maximum atomic E-state index is 14.2. The highest BCUT2D eigenvalue weighted by molar-refractivity contribution is 5.35. The number of halogens is 17. The lowest BCUT2D eigenvalue weighted by Gasteiger charge is -2.43. The van der Waals surface area contributed by atoms with Crippen molar-refractivity contribution in [2.75, 3.05) is 0 Å². The van der Waals surface area contributed by atoms with E-state index in [0.717, 1.165) is 12.1 Å². The molecule has 0 spiro atoms. The number of benzene rings is 1. The first-order valence-corrected chi connectivity index (χ1v) is 8.94. The Kier molecular flexibility index (Phi) is 7.70. The van der Waals surface area contributed by atoms with Crippen LogP contribution in [-0.2, 0) is 5.60 Å². The van der Waals surface area contributed by atoms with Crippen LogP contribution < -0.4 is 0 Å². The SMILES string of the molecule is CC(O)(CC(F)(F)C(F)(F)C(F)(F)C(F)(F)C(F)(F)C(F)(F)C(F)(F)C(F)(F)F)c1cccc(C#N)c1. The average Bonchev–Trinajstić information content (AvgIpc) is 2.71. The first-order valence-electron chi connectivity index (χ1n) is 8.94. The second kappa shape index (κ2) is 8.76. The van der Waals surface area contributed by atoms with Crippen molar-refractivity contribution in [1.29, 1.82) is 5.26 Å². The Bertz CT molecular complexity index is 1040. The van der Waals surface area contributed by atoms with Crippen LogP contribution in [0.25, 0.3) is 0 Å². The van der Waals surface area contributed by atoms with Gasteiger partial charge in [0.1, 0.15) is 0 Å². The largest absolute Gasteiger partial charge is 0.460 e. The highest BCUT2D eigenvalue weighted by Crippen LogP contribution is 2.64. The molecule has 212 valence electrons. The molecule has 0 saturated heterocycles. The lowest BCUT2D eigenvalue weighted by Crippen LogP contribution is -2.74. The fourth-order valence-corrected chi connectivity index (χ4v) is 2.77. The smallest absolute Gasteiger partial charge is 0.385 e. The molecule has 1 N–H and O–H groups in total. The van der Waals surface area contributed by atoms with Crippen LogP contribution in [0.15, 0.2) is 24.3 Å². The minimum atomic E-state index is -8.72. The van der Waals surface area contributed by atoms with Gasteiger partial charge in [0.15, 0.2) is 0 Å². The van der Waals surface area contributed by atoms with Gasteiger partial charge >= 0.3 is 47.6 Å². The summed E-state index contributed by atoms with van der Waals surface area (Å²) in [5.41, 5.74) is -4.85. The molecule has 0 aliphatic carbocycles. The molecule has 0 heterocycles. The fraction of sp³-hybridized carbons (Fsp3) is 0.611. The Balaban J connectivity index is 3.63. The van der Waals surface area contributed by atoms with E-state index in [9.17, 15) is 79.7 Å². The van der Waals surface area contributed by atoms with Crippen molar-refractivity contribution >= 4 is 0 Å². The van der Waals surface area contributed by atoms with Crippen molar-refractivity contribution in [3.05, 3.63) is 35.4 Å². The minimum absolute atomic E-state index is 0.163. The van der Waals surface area contributed by atoms with Crippen molar-refractivity contribution in [3.63, 3.8) is 0 Å². The predicted molar refractivity (Wildman–Crippen MR) is 86.0 cm³/mol. The lowest BCUT2D eigenvalue weighted by atomic mass is 9.83. The number of hydrogen-bond acceptors (Lipinski definition) is 2. The Morgan fingerprint density at radius 2 is 1.03 bits per heavy atom. The first-order chi connectivity index (χ1) is 16.0. The number of alkyl halides is 17. The van der Waals surface area contributed by atoms with Crippen molar-refractivity contribution in [2.45, 2.75) is 66.6 Å². The third-order valence-corrected chi connectivity index (χ3v) is 4.97. The van der Waals surface area contributed by atoms with Crippen molar-refractivity contribution < 1.29 is 79.7 Å². The van der Waals surface area contributed by atoms with E-state index in [1.54, 1.807) is 0 Å². The summed E-state index contributed by atoms with van der Waals surface area (Å²) >= 11 is 0. The summed E-state index contributed by atoms with van der Waals surface area (Å²) < 4.78 is 226. The van der Waals surface area contributed by atoms with E-state index in [2.05, 4.69) is 0 Å². The maximum Gasteiger partial charge on any atom is 0.460 e. The minimum Gasteiger partial charge on any atom is -0.385 e. The lowest BCUT2D eigenvalue weighted by molar-refractivity contribution is -0.462. The molecule has 1 aromatic carbocycles. The molecule has 1 unspecified atom stereocenters. The molecule has 19 heteroatoms. The summed E-state index contributed by atoms with van der Waals surface area (Å²) in [6.45, 7) is 0.163. The van der Waals surface area contributed by atoms with Gasteiger partial charge in [-0.2, -0.15) is 79.9 Å². The summed E-state index contributed by atoms with van der Waals surface area (Å²) in [6.07, 6.45) is -10.9. The molecule has 0 aromatic heterocycles. The van der Waals surface area contributed by atoms with Gasteiger partial charge < -0.3 is 5.11 Å². The third kappa shape index (κ3) is 4.65. The van der Waals surface area contributed by atoms with Gasteiger partial charge in [-0.15, -0.1) is 0 Å². The number of rotatable bonds is 9. The van der Waals surface area contributed by atoms with E-state index in [4.69, 9.17) is 5.26 Å².